The van der Waals surface area contributed by atoms with Crippen LogP contribution in [0.15, 0.2) is 11.4 Å². The molecule has 1 aliphatic rings. The van der Waals surface area contributed by atoms with Crippen molar-refractivity contribution in [1.29, 1.82) is 0 Å². The molecule has 3 N–H and O–H groups in total. The third kappa shape index (κ3) is 2.77. The fraction of sp³-hybridized carbons (Fsp3) is 0.692. The maximum atomic E-state index is 5.88. The largest absolute Gasteiger partial charge is 0.398 e. The Kier molecular flexibility index (Phi) is 3.87. The molecule has 90 valence electrons. The Balaban J connectivity index is 1.81. The number of thiophene rings is 1. The first-order valence-corrected chi connectivity index (χ1v) is 7.10. The fourth-order valence-corrected chi connectivity index (χ4v) is 3.21. The predicted molar refractivity (Wildman–Crippen MR) is 71.5 cm³/mol. The molecule has 2 rings (SSSR count). The monoisotopic (exact) mass is 238 g/mol. The van der Waals surface area contributed by atoms with E-state index >= 15 is 0 Å². The summed E-state index contributed by atoms with van der Waals surface area (Å²) in [5.74, 6) is 1.75. The topological polar surface area (TPSA) is 38.0 Å². The van der Waals surface area contributed by atoms with Gasteiger partial charge in [-0.15, -0.1) is 11.3 Å². The lowest BCUT2D eigenvalue weighted by Gasteiger charge is -2.32. The Morgan fingerprint density at radius 1 is 1.38 bits per heavy atom. The molecule has 0 amide bonds. The minimum Gasteiger partial charge on any atom is -0.398 e. The van der Waals surface area contributed by atoms with Crippen LogP contribution in [0.1, 0.15) is 38.0 Å². The van der Waals surface area contributed by atoms with Crippen LogP contribution in [0, 0.1) is 11.8 Å². The van der Waals surface area contributed by atoms with Gasteiger partial charge in [0.05, 0.1) is 0 Å². The van der Waals surface area contributed by atoms with Crippen molar-refractivity contribution in [2.75, 3.05) is 5.73 Å². The lowest BCUT2D eigenvalue weighted by molar-refractivity contribution is 0.226. The van der Waals surface area contributed by atoms with E-state index in [1.807, 2.05) is 6.07 Å². The maximum absolute atomic E-state index is 5.88. The second-order valence-corrected chi connectivity index (χ2v) is 6.15. The summed E-state index contributed by atoms with van der Waals surface area (Å²) < 4.78 is 0. The van der Waals surface area contributed by atoms with Crippen LogP contribution >= 0.6 is 11.3 Å². The highest BCUT2D eigenvalue weighted by Gasteiger charge is 2.24. The molecule has 0 saturated heterocycles. The van der Waals surface area contributed by atoms with Gasteiger partial charge in [0.1, 0.15) is 0 Å². The van der Waals surface area contributed by atoms with Crippen LogP contribution in [0.3, 0.4) is 0 Å². The first-order valence-electron chi connectivity index (χ1n) is 6.22. The molecule has 2 nitrogen and oxygen atoms in total. The summed E-state index contributed by atoms with van der Waals surface area (Å²) in [7, 11) is 0. The maximum Gasteiger partial charge on any atom is 0.0468 e. The molecule has 3 heteroatoms. The fourth-order valence-electron chi connectivity index (χ4n) is 2.46. The van der Waals surface area contributed by atoms with Crippen LogP contribution in [0.4, 0.5) is 5.69 Å². The minimum atomic E-state index is 0.688. The summed E-state index contributed by atoms with van der Waals surface area (Å²) in [6.45, 7) is 5.69. The molecule has 1 aromatic rings. The zero-order valence-electron chi connectivity index (χ0n) is 10.2. The molecule has 1 aliphatic carbocycles. The van der Waals surface area contributed by atoms with Gasteiger partial charge in [0.25, 0.3) is 0 Å². The van der Waals surface area contributed by atoms with E-state index in [0.29, 0.717) is 6.04 Å². The molecule has 1 aromatic heterocycles. The van der Waals surface area contributed by atoms with Crippen molar-refractivity contribution in [1.82, 2.24) is 5.32 Å². The number of hydrogen-bond acceptors (Lipinski definition) is 3. The third-order valence-corrected chi connectivity index (χ3v) is 4.87. The molecule has 0 spiro atoms. The minimum absolute atomic E-state index is 0.688. The molecular formula is C13H22N2S. The Hall–Kier alpha value is -0.540. The van der Waals surface area contributed by atoms with Gasteiger partial charge in [0.2, 0.25) is 0 Å². The molecule has 16 heavy (non-hydrogen) atoms. The Labute approximate surface area is 102 Å². The summed E-state index contributed by atoms with van der Waals surface area (Å²) >= 11 is 1.75. The highest BCUT2D eigenvalue weighted by molar-refractivity contribution is 7.10. The van der Waals surface area contributed by atoms with Gasteiger partial charge >= 0.3 is 0 Å². The van der Waals surface area contributed by atoms with E-state index in [1.54, 1.807) is 11.3 Å². The number of hydrogen-bond donors (Lipinski definition) is 2. The van der Waals surface area contributed by atoms with E-state index in [9.17, 15) is 0 Å². The van der Waals surface area contributed by atoms with E-state index in [4.69, 9.17) is 5.73 Å². The van der Waals surface area contributed by atoms with Gasteiger partial charge in [-0.1, -0.05) is 13.8 Å². The van der Waals surface area contributed by atoms with Crippen molar-refractivity contribution < 1.29 is 0 Å². The number of rotatable bonds is 3. The summed E-state index contributed by atoms with van der Waals surface area (Å²) in [5, 5.41) is 5.71. The van der Waals surface area contributed by atoms with E-state index in [2.05, 4.69) is 24.5 Å². The highest BCUT2D eigenvalue weighted by atomic mass is 32.1. The van der Waals surface area contributed by atoms with E-state index in [0.717, 1.165) is 24.1 Å². The lowest BCUT2D eigenvalue weighted by Crippen LogP contribution is -2.35. The zero-order valence-corrected chi connectivity index (χ0v) is 11.0. The van der Waals surface area contributed by atoms with Gasteiger partial charge in [0, 0.05) is 23.2 Å². The van der Waals surface area contributed by atoms with Crippen LogP contribution in [0.2, 0.25) is 0 Å². The normalized spacial score (nSPS) is 30.5. The Morgan fingerprint density at radius 3 is 2.81 bits per heavy atom. The van der Waals surface area contributed by atoms with E-state index in [-0.39, 0.29) is 0 Å². The van der Waals surface area contributed by atoms with Crippen molar-refractivity contribution in [2.24, 2.45) is 11.8 Å². The van der Waals surface area contributed by atoms with Crippen LogP contribution in [0.5, 0.6) is 0 Å². The third-order valence-electron chi connectivity index (χ3n) is 3.93. The smallest absolute Gasteiger partial charge is 0.0468 e. The van der Waals surface area contributed by atoms with Crippen molar-refractivity contribution in [2.45, 2.75) is 45.7 Å². The molecule has 0 bridgehead atoms. The van der Waals surface area contributed by atoms with Crippen molar-refractivity contribution in [3.8, 4) is 0 Å². The first kappa shape index (κ1) is 11.9. The average molecular weight is 238 g/mol. The molecule has 0 aliphatic heterocycles. The standard InChI is InChI=1S/C13H22N2S/c1-9-3-4-11(7-10(9)2)15-8-13-12(14)5-6-16-13/h5-6,9-11,15H,3-4,7-8,14H2,1-2H3. The molecule has 1 saturated carbocycles. The van der Waals surface area contributed by atoms with Gasteiger partial charge in [-0.2, -0.15) is 0 Å². The first-order chi connectivity index (χ1) is 7.66. The van der Waals surface area contributed by atoms with Gasteiger partial charge in [-0.25, -0.2) is 0 Å². The molecule has 3 unspecified atom stereocenters. The molecule has 0 radical (unpaired) electrons. The Morgan fingerprint density at radius 2 is 2.19 bits per heavy atom. The predicted octanol–water partition coefficient (Wildman–Crippen LogP) is 3.24. The number of nitrogens with two attached hydrogens (primary N) is 1. The number of nitrogen functional groups attached to an aromatic ring is 1. The summed E-state index contributed by atoms with van der Waals surface area (Å²) in [5.41, 5.74) is 6.82. The zero-order chi connectivity index (χ0) is 11.5. The molecule has 1 heterocycles. The second-order valence-electron chi connectivity index (χ2n) is 5.14. The summed E-state index contributed by atoms with van der Waals surface area (Å²) in [6.07, 6.45) is 3.99. The molecule has 3 atom stereocenters. The van der Waals surface area contributed by atoms with Gasteiger partial charge < -0.3 is 11.1 Å². The number of nitrogens with one attached hydrogen (secondary N) is 1. The SMILES string of the molecule is CC1CCC(NCc2sccc2N)CC1C. The van der Waals surface area contributed by atoms with Crippen molar-refractivity contribution in [3.05, 3.63) is 16.3 Å². The number of anilines is 1. The van der Waals surface area contributed by atoms with Crippen LogP contribution in [-0.2, 0) is 6.54 Å². The quantitative estimate of drug-likeness (QED) is 0.848. The van der Waals surface area contributed by atoms with E-state index in [1.165, 1.54) is 24.1 Å². The van der Waals surface area contributed by atoms with Gasteiger partial charge in [0.15, 0.2) is 0 Å². The van der Waals surface area contributed by atoms with Crippen molar-refractivity contribution in [3.63, 3.8) is 0 Å². The molecule has 0 aromatic carbocycles. The second kappa shape index (κ2) is 5.19. The van der Waals surface area contributed by atoms with Crippen LogP contribution in [0.25, 0.3) is 0 Å². The Bertz CT molecular complexity index is 334. The lowest BCUT2D eigenvalue weighted by atomic mass is 9.79. The van der Waals surface area contributed by atoms with Crippen LogP contribution < -0.4 is 11.1 Å². The summed E-state index contributed by atoms with van der Waals surface area (Å²) in [6, 6.07) is 2.68. The molecular weight excluding hydrogens is 216 g/mol. The van der Waals surface area contributed by atoms with Gasteiger partial charge in [-0.3, -0.25) is 0 Å². The van der Waals surface area contributed by atoms with Crippen LogP contribution in [-0.4, -0.2) is 6.04 Å². The average Bonchev–Trinajstić information content (AvgIpc) is 2.66. The van der Waals surface area contributed by atoms with Gasteiger partial charge in [-0.05, 0) is 42.5 Å². The molecule has 1 fully saturated rings. The highest BCUT2D eigenvalue weighted by Crippen LogP contribution is 2.29. The van der Waals surface area contributed by atoms with E-state index < -0.39 is 0 Å². The summed E-state index contributed by atoms with van der Waals surface area (Å²) in [4.78, 5) is 1.28. The van der Waals surface area contributed by atoms with Crippen molar-refractivity contribution >= 4 is 17.0 Å².